The molecule has 0 heterocycles. The fraction of sp³-hybridized carbons (Fsp3) is 0.133. The molecule has 0 aromatic heterocycles. The lowest BCUT2D eigenvalue weighted by atomic mass is 10.1. The normalized spacial score (nSPS) is 10.2. The molecule has 3 N–H and O–H groups in total. The molecule has 0 radical (unpaired) electrons. The summed E-state index contributed by atoms with van der Waals surface area (Å²) < 4.78 is 0. The first kappa shape index (κ1) is 15.6. The second-order valence-electron chi connectivity index (χ2n) is 4.33. The van der Waals surface area contributed by atoms with Crippen molar-refractivity contribution in [2.24, 2.45) is 0 Å². The third kappa shape index (κ3) is 4.36. The van der Waals surface area contributed by atoms with Crippen molar-refractivity contribution >= 4 is 40.6 Å². The van der Waals surface area contributed by atoms with Crippen molar-refractivity contribution in [3.8, 4) is 0 Å². The molecule has 0 saturated heterocycles. The Labute approximate surface area is 132 Å². The summed E-state index contributed by atoms with van der Waals surface area (Å²) in [6.45, 7) is 0.0172. The Morgan fingerprint density at radius 3 is 2.48 bits per heavy atom. The average molecular weight is 325 g/mol. The summed E-state index contributed by atoms with van der Waals surface area (Å²) in [7, 11) is 0. The molecule has 0 aliphatic carbocycles. The molecule has 0 spiro atoms. The second-order valence-corrected chi connectivity index (χ2v) is 5.18. The van der Waals surface area contributed by atoms with Gasteiger partial charge in [-0.1, -0.05) is 41.4 Å². The van der Waals surface area contributed by atoms with Crippen LogP contribution in [-0.4, -0.2) is 17.7 Å². The van der Waals surface area contributed by atoms with E-state index in [0.29, 0.717) is 27.8 Å². The van der Waals surface area contributed by atoms with Gasteiger partial charge < -0.3 is 15.7 Å². The Hall–Kier alpha value is -1.75. The zero-order chi connectivity index (χ0) is 15.2. The molecule has 6 heteroatoms. The minimum Gasteiger partial charge on any atom is -0.396 e. The van der Waals surface area contributed by atoms with E-state index in [0.717, 1.165) is 5.56 Å². The Bertz CT molecular complexity index is 647. The maximum absolute atomic E-state index is 12.0. The number of carbonyl (C=O) groups is 1. The van der Waals surface area contributed by atoms with E-state index in [-0.39, 0.29) is 6.61 Å². The highest BCUT2D eigenvalue weighted by molar-refractivity contribution is 6.36. The van der Waals surface area contributed by atoms with Crippen LogP contribution < -0.4 is 10.6 Å². The maximum atomic E-state index is 12.0. The molecule has 0 aliphatic rings. The SMILES string of the molecule is O=C(Nc1ccc(Cl)cc1Cl)Nc1ccccc1CCO. The number of carbonyl (C=O) groups excluding carboxylic acids is 1. The van der Waals surface area contributed by atoms with Gasteiger partial charge in [-0.25, -0.2) is 4.79 Å². The lowest BCUT2D eigenvalue weighted by Crippen LogP contribution is -2.20. The van der Waals surface area contributed by atoms with Gasteiger partial charge in [0.15, 0.2) is 0 Å². The van der Waals surface area contributed by atoms with E-state index in [4.69, 9.17) is 28.3 Å². The maximum Gasteiger partial charge on any atom is 0.323 e. The van der Waals surface area contributed by atoms with Crippen LogP contribution in [0.4, 0.5) is 16.2 Å². The van der Waals surface area contributed by atoms with E-state index >= 15 is 0 Å². The lowest BCUT2D eigenvalue weighted by Gasteiger charge is -2.12. The Morgan fingerprint density at radius 1 is 1.05 bits per heavy atom. The third-order valence-corrected chi connectivity index (χ3v) is 3.37. The molecule has 0 fully saturated rings. The fourth-order valence-electron chi connectivity index (χ4n) is 1.85. The van der Waals surface area contributed by atoms with Gasteiger partial charge in [0.1, 0.15) is 0 Å². The second kappa shape index (κ2) is 7.31. The van der Waals surface area contributed by atoms with Crippen LogP contribution in [0.5, 0.6) is 0 Å². The number of benzene rings is 2. The quantitative estimate of drug-likeness (QED) is 0.790. The van der Waals surface area contributed by atoms with Gasteiger partial charge in [0.25, 0.3) is 0 Å². The van der Waals surface area contributed by atoms with Crippen LogP contribution in [-0.2, 0) is 6.42 Å². The first-order valence-corrected chi connectivity index (χ1v) is 7.07. The Balaban J connectivity index is 2.08. The van der Waals surface area contributed by atoms with E-state index in [9.17, 15) is 4.79 Å². The molecule has 110 valence electrons. The van der Waals surface area contributed by atoms with Crippen LogP contribution in [0.15, 0.2) is 42.5 Å². The molecular formula is C15H14Cl2N2O2. The smallest absolute Gasteiger partial charge is 0.323 e. The highest BCUT2D eigenvalue weighted by atomic mass is 35.5. The molecule has 0 atom stereocenters. The number of aliphatic hydroxyl groups excluding tert-OH is 1. The molecule has 0 saturated carbocycles. The fourth-order valence-corrected chi connectivity index (χ4v) is 2.30. The Kier molecular flexibility index (Phi) is 5.44. The average Bonchev–Trinajstić information content (AvgIpc) is 2.44. The van der Waals surface area contributed by atoms with Crippen LogP contribution in [0.1, 0.15) is 5.56 Å². The molecule has 2 rings (SSSR count). The lowest BCUT2D eigenvalue weighted by molar-refractivity contribution is 0.262. The minimum absolute atomic E-state index is 0.0172. The first-order chi connectivity index (χ1) is 10.1. The number of amides is 2. The number of hydrogen-bond acceptors (Lipinski definition) is 2. The highest BCUT2D eigenvalue weighted by Crippen LogP contribution is 2.25. The zero-order valence-corrected chi connectivity index (χ0v) is 12.6. The van der Waals surface area contributed by atoms with Gasteiger partial charge in [-0.3, -0.25) is 0 Å². The van der Waals surface area contributed by atoms with Gasteiger partial charge in [-0.05, 0) is 36.2 Å². The van der Waals surface area contributed by atoms with E-state index in [2.05, 4.69) is 10.6 Å². The molecule has 0 unspecified atom stereocenters. The molecule has 0 bridgehead atoms. The van der Waals surface area contributed by atoms with Crippen molar-refractivity contribution in [3.05, 3.63) is 58.1 Å². The summed E-state index contributed by atoms with van der Waals surface area (Å²) in [6, 6.07) is 11.7. The van der Waals surface area contributed by atoms with Crippen LogP contribution in [0.25, 0.3) is 0 Å². The number of aliphatic hydroxyl groups is 1. The summed E-state index contributed by atoms with van der Waals surface area (Å²) in [5.74, 6) is 0. The molecule has 2 amide bonds. The van der Waals surface area contributed by atoms with E-state index in [1.807, 2.05) is 18.2 Å². The first-order valence-electron chi connectivity index (χ1n) is 6.32. The van der Waals surface area contributed by atoms with E-state index in [1.54, 1.807) is 24.3 Å². The summed E-state index contributed by atoms with van der Waals surface area (Å²) in [6.07, 6.45) is 0.470. The third-order valence-electron chi connectivity index (χ3n) is 2.83. The molecule has 4 nitrogen and oxygen atoms in total. The van der Waals surface area contributed by atoms with E-state index < -0.39 is 6.03 Å². The number of para-hydroxylation sites is 1. The minimum atomic E-state index is -0.412. The van der Waals surface area contributed by atoms with Crippen molar-refractivity contribution in [1.82, 2.24) is 0 Å². The van der Waals surface area contributed by atoms with Crippen LogP contribution in [0, 0.1) is 0 Å². The number of rotatable bonds is 4. The number of hydrogen-bond donors (Lipinski definition) is 3. The monoisotopic (exact) mass is 324 g/mol. The van der Waals surface area contributed by atoms with Gasteiger partial charge in [0.2, 0.25) is 0 Å². The van der Waals surface area contributed by atoms with Gasteiger partial charge in [-0.2, -0.15) is 0 Å². The summed E-state index contributed by atoms with van der Waals surface area (Å²) >= 11 is 11.8. The number of anilines is 2. The largest absolute Gasteiger partial charge is 0.396 e. The Morgan fingerprint density at radius 2 is 1.76 bits per heavy atom. The summed E-state index contributed by atoms with van der Waals surface area (Å²) in [5, 5.41) is 15.3. The van der Waals surface area contributed by atoms with Gasteiger partial charge in [0.05, 0.1) is 10.7 Å². The van der Waals surface area contributed by atoms with Crippen molar-refractivity contribution in [2.45, 2.75) is 6.42 Å². The molecule has 21 heavy (non-hydrogen) atoms. The zero-order valence-electron chi connectivity index (χ0n) is 11.1. The van der Waals surface area contributed by atoms with Gasteiger partial charge >= 0.3 is 6.03 Å². The van der Waals surface area contributed by atoms with Crippen LogP contribution >= 0.6 is 23.2 Å². The number of halogens is 2. The van der Waals surface area contributed by atoms with Crippen LogP contribution in [0.3, 0.4) is 0 Å². The van der Waals surface area contributed by atoms with Gasteiger partial charge in [0, 0.05) is 17.3 Å². The molecule has 2 aromatic rings. The van der Waals surface area contributed by atoms with E-state index in [1.165, 1.54) is 0 Å². The molecular weight excluding hydrogens is 311 g/mol. The summed E-state index contributed by atoms with van der Waals surface area (Å²) in [5.41, 5.74) is 1.98. The van der Waals surface area contributed by atoms with Crippen molar-refractivity contribution in [3.63, 3.8) is 0 Å². The van der Waals surface area contributed by atoms with Crippen LogP contribution in [0.2, 0.25) is 10.0 Å². The standard InChI is InChI=1S/C15H14Cl2N2O2/c16-11-5-6-14(12(17)9-11)19-15(21)18-13-4-2-1-3-10(13)7-8-20/h1-6,9,20H,7-8H2,(H2,18,19,21). The number of nitrogens with one attached hydrogen (secondary N) is 2. The molecule has 2 aromatic carbocycles. The van der Waals surface area contributed by atoms with Crippen molar-refractivity contribution in [1.29, 1.82) is 0 Å². The van der Waals surface area contributed by atoms with Crippen molar-refractivity contribution < 1.29 is 9.90 Å². The predicted molar refractivity (Wildman–Crippen MR) is 86.3 cm³/mol. The molecule has 0 aliphatic heterocycles. The van der Waals surface area contributed by atoms with Crippen molar-refractivity contribution in [2.75, 3.05) is 17.2 Å². The number of urea groups is 1. The predicted octanol–water partition coefficient (Wildman–Crippen LogP) is 4.17. The topological polar surface area (TPSA) is 61.4 Å². The highest BCUT2D eigenvalue weighted by Gasteiger charge is 2.08. The summed E-state index contributed by atoms with van der Waals surface area (Å²) in [4.78, 5) is 12.0. The van der Waals surface area contributed by atoms with Gasteiger partial charge in [-0.15, -0.1) is 0 Å².